The van der Waals surface area contributed by atoms with Crippen LogP contribution in [-0.2, 0) is 4.74 Å². The van der Waals surface area contributed by atoms with Crippen LogP contribution in [0.15, 0.2) is 127 Å². The summed E-state index contributed by atoms with van der Waals surface area (Å²) in [5.41, 5.74) is 0. The Morgan fingerprint density at radius 3 is 1.06 bits per heavy atom. The van der Waals surface area contributed by atoms with Crippen LogP contribution in [0, 0.1) is 0 Å². The second kappa shape index (κ2) is 16.0. The summed E-state index contributed by atoms with van der Waals surface area (Å²) in [6.45, 7) is 4.02. The fourth-order valence-electron chi connectivity index (χ4n) is 2.94. The van der Waals surface area contributed by atoms with Crippen LogP contribution in [0.3, 0.4) is 0 Å². The van der Waals surface area contributed by atoms with Crippen molar-refractivity contribution in [3.05, 3.63) is 127 Å². The largest absolute Gasteiger partial charge is 0.864 e. The van der Waals surface area contributed by atoms with Crippen molar-refractivity contribution in [1.82, 2.24) is 4.90 Å². The van der Waals surface area contributed by atoms with Crippen LogP contribution in [0.4, 0.5) is 0 Å². The Balaban J connectivity index is 0.000000213. The smallest absolute Gasteiger partial charge is 0.490 e. The summed E-state index contributed by atoms with van der Waals surface area (Å²) >= 11 is 0. The summed E-state index contributed by atoms with van der Waals surface area (Å²) in [6, 6.07) is 40.3. The lowest BCUT2D eigenvalue weighted by Gasteiger charge is -2.21. The molecule has 1 aliphatic rings. The van der Waals surface area contributed by atoms with Crippen molar-refractivity contribution < 1.29 is 18.7 Å². The maximum Gasteiger partial charge on any atom is 0.864 e. The van der Waals surface area contributed by atoms with Gasteiger partial charge in [-0.1, -0.05) is 91.0 Å². The molecule has 0 N–H and O–H groups in total. The van der Waals surface area contributed by atoms with Crippen molar-refractivity contribution in [2.24, 2.45) is 0 Å². The number of ether oxygens (including phenoxy) is 1. The van der Waals surface area contributed by atoms with Crippen molar-refractivity contribution >= 4 is 7.32 Å². The topological polar surface area (TPSA) is 40.2 Å². The SMILES string of the molecule is CN1CCOCC1.c1ccc(OB(Oc2ccccc2)Oc2ccccc2)cc1.c1ccccc1. The zero-order chi connectivity index (χ0) is 24.4. The first kappa shape index (κ1) is 25.9. The lowest BCUT2D eigenvalue weighted by molar-refractivity contribution is 0.0503. The van der Waals surface area contributed by atoms with Gasteiger partial charge in [0.1, 0.15) is 17.2 Å². The summed E-state index contributed by atoms with van der Waals surface area (Å²) in [6.07, 6.45) is 0. The molecule has 180 valence electrons. The first-order valence-electron chi connectivity index (χ1n) is 11.7. The fourth-order valence-corrected chi connectivity index (χ4v) is 2.94. The van der Waals surface area contributed by atoms with Crippen molar-refractivity contribution in [3.63, 3.8) is 0 Å². The lowest BCUT2D eigenvalue weighted by atomic mass is 10.2. The molecular weight excluding hydrogens is 437 g/mol. The van der Waals surface area contributed by atoms with E-state index in [4.69, 9.17) is 18.7 Å². The molecule has 0 bridgehead atoms. The van der Waals surface area contributed by atoms with Gasteiger partial charge in [0.15, 0.2) is 0 Å². The summed E-state index contributed by atoms with van der Waals surface area (Å²) in [7, 11) is 1.25. The van der Waals surface area contributed by atoms with Crippen molar-refractivity contribution in [2.75, 3.05) is 33.4 Å². The molecule has 4 aromatic carbocycles. The van der Waals surface area contributed by atoms with E-state index in [1.807, 2.05) is 127 Å². The van der Waals surface area contributed by atoms with Gasteiger partial charge in [-0.2, -0.15) is 0 Å². The van der Waals surface area contributed by atoms with Gasteiger partial charge in [0.2, 0.25) is 0 Å². The highest BCUT2D eigenvalue weighted by Crippen LogP contribution is 2.17. The first-order valence-corrected chi connectivity index (χ1v) is 11.7. The summed E-state index contributed by atoms with van der Waals surface area (Å²) < 4.78 is 22.4. The molecule has 0 aromatic heterocycles. The van der Waals surface area contributed by atoms with Crippen molar-refractivity contribution in [3.8, 4) is 17.2 Å². The van der Waals surface area contributed by atoms with Gasteiger partial charge < -0.3 is 23.6 Å². The maximum atomic E-state index is 5.78. The van der Waals surface area contributed by atoms with E-state index in [9.17, 15) is 0 Å². The number of likely N-dealkylation sites (N-methyl/N-ethyl adjacent to an activating group) is 1. The average molecular weight is 469 g/mol. The Hall–Kier alpha value is -3.74. The van der Waals surface area contributed by atoms with Crippen LogP contribution >= 0.6 is 0 Å². The van der Waals surface area contributed by atoms with Crippen molar-refractivity contribution in [1.29, 1.82) is 0 Å². The molecule has 0 radical (unpaired) electrons. The Labute approximate surface area is 209 Å². The third-order valence-corrected chi connectivity index (χ3v) is 4.83. The molecule has 0 atom stereocenters. The summed E-state index contributed by atoms with van der Waals surface area (Å²) in [4.78, 5) is 2.27. The fraction of sp³-hybridized carbons (Fsp3) is 0.172. The average Bonchev–Trinajstić information content (AvgIpc) is 2.93. The number of hydrogen-bond acceptors (Lipinski definition) is 5. The van der Waals surface area contributed by atoms with Gasteiger partial charge in [-0.05, 0) is 43.4 Å². The number of nitrogens with zero attached hydrogens (tertiary/aromatic N) is 1. The molecule has 35 heavy (non-hydrogen) atoms. The monoisotopic (exact) mass is 469 g/mol. The number of benzene rings is 4. The minimum absolute atomic E-state index is 0.680. The van der Waals surface area contributed by atoms with Crippen LogP contribution < -0.4 is 14.0 Å². The van der Waals surface area contributed by atoms with Crippen molar-refractivity contribution in [2.45, 2.75) is 0 Å². The van der Waals surface area contributed by atoms with Gasteiger partial charge in [-0.15, -0.1) is 0 Å². The Morgan fingerprint density at radius 1 is 0.514 bits per heavy atom. The maximum absolute atomic E-state index is 5.78. The van der Waals surface area contributed by atoms with Crippen LogP contribution in [0.5, 0.6) is 17.2 Å². The molecule has 5 nitrogen and oxygen atoms in total. The zero-order valence-electron chi connectivity index (χ0n) is 20.1. The highest BCUT2D eigenvalue weighted by Gasteiger charge is 2.30. The van der Waals surface area contributed by atoms with Gasteiger partial charge in [-0.25, -0.2) is 0 Å². The number of para-hydroxylation sites is 3. The second-order valence-corrected chi connectivity index (χ2v) is 7.65. The highest BCUT2D eigenvalue weighted by molar-refractivity contribution is 6.39. The zero-order valence-corrected chi connectivity index (χ0v) is 20.1. The standard InChI is InChI=1S/C18H15BO3.C6H6.C5H11NO/c1-4-10-16(11-5-1)20-19(21-17-12-6-2-7-13-17)22-18-14-8-3-9-15-18;1-2-4-6-5-3-1;1-6-2-4-7-5-3-6/h1-15H;1-6H;2-5H2,1H3. The van der Waals surface area contributed by atoms with Crippen LogP contribution in [0.1, 0.15) is 0 Å². The van der Waals surface area contributed by atoms with Gasteiger partial charge in [0.25, 0.3) is 0 Å². The molecular formula is C29H32BNO4. The Kier molecular flexibility index (Phi) is 11.8. The molecule has 0 amide bonds. The predicted molar refractivity (Wildman–Crippen MR) is 142 cm³/mol. The molecule has 0 spiro atoms. The van der Waals surface area contributed by atoms with Crippen LogP contribution in [-0.4, -0.2) is 45.6 Å². The molecule has 1 aliphatic heterocycles. The van der Waals surface area contributed by atoms with E-state index < -0.39 is 7.32 Å². The number of morpholine rings is 1. The van der Waals surface area contributed by atoms with E-state index in [2.05, 4.69) is 11.9 Å². The van der Waals surface area contributed by atoms with E-state index in [0.717, 1.165) is 26.3 Å². The van der Waals surface area contributed by atoms with Gasteiger partial charge >= 0.3 is 7.32 Å². The molecule has 1 fully saturated rings. The number of rotatable bonds is 6. The van der Waals surface area contributed by atoms with E-state index in [1.54, 1.807) is 0 Å². The Morgan fingerprint density at radius 2 is 0.800 bits per heavy atom. The minimum Gasteiger partial charge on any atom is -0.490 e. The van der Waals surface area contributed by atoms with E-state index in [1.165, 1.54) is 0 Å². The molecule has 4 aromatic rings. The predicted octanol–water partition coefficient (Wildman–Crippen LogP) is 5.84. The quantitative estimate of drug-likeness (QED) is 0.332. The van der Waals surface area contributed by atoms with Crippen LogP contribution in [0.25, 0.3) is 0 Å². The van der Waals surface area contributed by atoms with E-state index in [-0.39, 0.29) is 0 Å². The molecule has 6 heteroatoms. The lowest BCUT2D eigenvalue weighted by Crippen LogP contribution is -2.36. The molecule has 5 rings (SSSR count). The van der Waals surface area contributed by atoms with Crippen LogP contribution in [0.2, 0.25) is 0 Å². The molecule has 1 saturated heterocycles. The van der Waals surface area contributed by atoms with Gasteiger partial charge in [0.05, 0.1) is 13.2 Å². The first-order chi connectivity index (χ1) is 17.3. The van der Waals surface area contributed by atoms with Gasteiger partial charge in [-0.3, -0.25) is 0 Å². The number of hydrogen-bond donors (Lipinski definition) is 0. The minimum atomic E-state index is -0.868. The van der Waals surface area contributed by atoms with E-state index in [0.29, 0.717) is 17.2 Å². The molecule has 0 unspecified atom stereocenters. The summed E-state index contributed by atoms with van der Waals surface area (Å²) in [5.74, 6) is 2.04. The normalized spacial score (nSPS) is 12.6. The highest BCUT2D eigenvalue weighted by atomic mass is 16.7. The summed E-state index contributed by atoms with van der Waals surface area (Å²) in [5, 5.41) is 0. The van der Waals surface area contributed by atoms with Gasteiger partial charge in [0, 0.05) is 13.1 Å². The third-order valence-electron chi connectivity index (χ3n) is 4.83. The van der Waals surface area contributed by atoms with E-state index >= 15 is 0 Å². The molecule has 0 aliphatic carbocycles. The Bertz CT molecular complexity index is 892. The second-order valence-electron chi connectivity index (χ2n) is 7.65. The third kappa shape index (κ3) is 11.3. The molecule has 1 heterocycles. The molecule has 0 saturated carbocycles.